The van der Waals surface area contributed by atoms with Gasteiger partial charge in [-0.2, -0.15) is 11.8 Å². The van der Waals surface area contributed by atoms with Gasteiger partial charge in [0.25, 0.3) is 0 Å². The first-order valence-electron chi connectivity index (χ1n) is 5.30. The predicted molar refractivity (Wildman–Crippen MR) is 67.4 cm³/mol. The van der Waals surface area contributed by atoms with Gasteiger partial charge in [0.1, 0.15) is 6.04 Å². The molecule has 3 N–H and O–H groups in total. The third-order valence-electron chi connectivity index (χ3n) is 2.23. The quantitative estimate of drug-likeness (QED) is 0.715. The van der Waals surface area contributed by atoms with Crippen molar-refractivity contribution in [1.82, 2.24) is 0 Å². The van der Waals surface area contributed by atoms with Gasteiger partial charge in [0.2, 0.25) is 0 Å². The van der Waals surface area contributed by atoms with Crippen LogP contribution in [0.3, 0.4) is 0 Å². The number of rotatable bonds is 7. The monoisotopic (exact) mass is 239 g/mol. The first kappa shape index (κ1) is 13.1. The third-order valence-corrected chi connectivity index (χ3v) is 3.35. The third kappa shape index (κ3) is 5.19. The summed E-state index contributed by atoms with van der Waals surface area (Å²) in [6.07, 6.45) is 1.40. The minimum absolute atomic E-state index is 0.553. The molecule has 1 aromatic carbocycles. The minimum Gasteiger partial charge on any atom is -0.480 e. The summed E-state index contributed by atoms with van der Waals surface area (Å²) >= 11 is 1.81. The van der Waals surface area contributed by atoms with Gasteiger partial charge in [-0.05, 0) is 24.2 Å². The molecular weight excluding hydrogens is 222 g/mol. The molecule has 0 aliphatic carbocycles. The Morgan fingerprint density at radius 1 is 1.38 bits per heavy atom. The fourth-order valence-corrected chi connectivity index (χ4v) is 2.24. The molecule has 0 aliphatic rings. The summed E-state index contributed by atoms with van der Waals surface area (Å²) in [4.78, 5) is 10.5. The molecule has 0 bridgehead atoms. The number of carboxylic acid groups (broad SMARTS) is 1. The van der Waals surface area contributed by atoms with Crippen LogP contribution in [0.25, 0.3) is 0 Å². The standard InChI is InChI=1S/C12H17NO2S/c13-11(12(14)15)7-4-8-16-9-10-5-2-1-3-6-10/h1-3,5-6,11H,4,7-9,13H2,(H,14,15)/t11-/m0/s1. The van der Waals surface area contributed by atoms with Crippen molar-refractivity contribution in [2.75, 3.05) is 5.75 Å². The maximum atomic E-state index is 10.5. The van der Waals surface area contributed by atoms with E-state index in [1.54, 1.807) is 0 Å². The zero-order valence-electron chi connectivity index (χ0n) is 9.13. The van der Waals surface area contributed by atoms with Crippen LogP contribution in [-0.2, 0) is 10.5 Å². The molecule has 1 atom stereocenters. The van der Waals surface area contributed by atoms with Crippen LogP contribution in [0.2, 0.25) is 0 Å². The summed E-state index contributed by atoms with van der Waals surface area (Å²) < 4.78 is 0. The summed E-state index contributed by atoms with van der Waals surface area (Å²) in [7, 11) is 0. The fraction of sp³-hybridized carbons (Fsp3) is 0.417. The lowest BCUT2D eigenvalue weighted by Crippen LogP contribution is -2.29. The first-order chi connectivity index (χ1) is 7.70. The summed E-state index contributed by atoms with van der Waals surface area (Å²) in [6, 6.07) is 9.52. The average molecular weight is 239 g/mol. The lowest BCUT2D eigenvalue weighted by atomic mass is 10.2. The zero-order valence-corrected chi connectivity index (χ0v) is 9.95. The molecule has 4 heteroatoms. The number of carboxylic acids is 1. The van der Waals surface area contributed by atoms with Crippen molar-refractivity contribution in [1.29, 1.82) is 0 Å². The highest BCUT2D eigenvalue weighted by atomic mass is 32.2. The zero-order chi connectivity index (χ0) is 11.8. The number of aliphatic carboxylic acids is 1. The van der Waals surface area contributed by atoms with Crippen molar-refractivity contribution in [2.45, 2.75) is 24.6 Å². The van der Waals surface area contributed by atoms with Gasteiger partial charge in [0.05, 0.1) is 0 Å². The van der Waals surface area contributed by atoms with E-state index in [9.17, 15) is 4.79 Å². The molecule has 0 spiro atoms. The molecule has 0 saturated heterocycles. The minimum atomic E-state index is -0.909. The topological polar surface area (TPSA) is 63.3 Å². The highest BCUT2D eigenvalue weighted by molar-refractivity contribution is 7.98. The van der Waals surface area contributed by atoms with E-state index in [2.05, 4.69) is 12.1 Å². The molecule has 3 nitrogen and oxygen atoms in total. The van der Waals surface area contributed by atoms with Gasteiger partial charge in [-0.15, -0.1) is 0 Å². The van der Waals surface area contributed by atoms with E-state index in [-0.39, 0.29) is 0 Å². The second-order valence-electron chi connectivity index (χ2n) is 3.63. The molecule has 0 amide bonds. The molecular formula is C12H17NO2S. The van der Waals surface area contributed by atoms with E-state index in [0.717, 1.165) is 17.9 Å². The Morgan fingerprint density at radius 2 is 2.06 bits per heavy atom. The highest BCUT2D eigenvalue weighted by Gasteiger charge is 2.09. The Kier molecular flexibility index (Phi) is 5.96. The number of thioether (sulfide) groups is 1. The second kappa shape index (κ2) is 7.30. The van der Waals surface area contributed by atoms with E-state index in [1.165, 1.54) is 5.56 Å². The van der Waals surface area contributed by atoms with E-state index >= 15 is 0 Å². The Hall–Kier alpha value is -1.00. The SMILES string of the molecule is N[C@@H](CCCSCc1ccccc1)C(=O)O. The fourth-order valence-electron chi connectivity index (χ4n) is 1.29. The number of carbonyl (C=O) groups is 1. The molecule has 1 rings (SSSR count). The van der Waals surface area contributed by atoms with Crippen molar-refractivity contribution in [3.8, 4) is 0 Å². The lowest BCUT2D eigenvalue weighted by Gasteiger charge is -2.05. The Balaban J connectivity index is 2.07. The van der Waals surface area contributed by atoms with E-state index in [4.69, 9.17) is 10.8 Å². The van der Waals surface area contributed by atoms with E-state index in [1.807, 2.05) is 30.0 Å². The number of hydrogen-bond acceptors (Lipinski definition) is 3. The van der Waals surface area contributed by atoms with Gasteiger partial charge >= 0.3 is 5.97 Å². The Bertz CT molecular complexity index is 316. The van der Waals surface area contributed by atoms with Crippen LogP contribution in [0.5, 0.6) is 0 Å². The Labute approximate surface area is 100 Å². The number of benzene rings is 1. The molecule has 0 aliphatic heterocycles. The molecule has 0 unspecified atom stereocenters. The Morgan fingerprint density at radius 3 is 2.69 bits per heavy atom. The highest BCUT2D eigenvalue weighted by Crippen LogP contribution is 2.13. The van der Waals surface area contributed by atoms with E-state index in [0.29, 0.717) is 6.42 Å². The van der Waals surface area contributed by atoms with Gasteiger partial charge in [-0.1, -0.05) is 30.3 Å². The van der Waals surface area contributed by atoms with E-state index < -0.39 is 12.0 Å². The van der Waals surface area contributed by atoms with Gasteiger partial charge in [-0.25, -0.2) is 0 Å². The van der Waals surface area contributed by atoms with Crippen molar-refractivity contribution in [3.63, 3.8) is 0 Å². The normalized spacial score (nSPS) is 12.3. The second-order valence-corrected chi connectivity index (χ2v) is 4.73. The summed E-state index contributed by atoms with van der Waals surface area (Å²) in [5.74, 6) is 1.02. The summed E-state index contributed by atoms with van der Waals surface area (Å²) in [5.41, 5.74) is 6.70. The van der Waals surface area contributed by atoms with Crippen LogP contribution in [0.15, 0.2) is 30.3 Å². The molecule has 0 heterocycles. The van der Waals surface area contributed by atoms with Crippen LogP contribution >= 0.6 is 11.8 Å². The molecule has 0 aromatic heterocycles. The van der Waals surface area contributed by atoms with Crippen molar-refractivity contribution in [3.05, 3.63) is 35.9 Å². The smallest absolute Gasteiger partial charge is 0.320 e. The lowest BCUT2D eigenvalue weighted by molar-refractivity contribution is -0.138. The summed E-state index contributed by atoms with van der Waals surface area (Å²) in [5, 5.41) is 8.58. The summed E-state index contributed by atoms with van der Waals surface area (Å²) in [6.45, 7) is 0. The van der Waals surface area contributed by atoms with Crippen molar-refractivity contribution in [2.24, 2.45) is 5.73 Å². The van der Waals surface area contributed by atoms with Crippen LogP contribution < -0.4 is 5.73 Å². The number of nitrogens with two attached hydrogens (primary N) is 1. The number of hydrogen-bond donors (Lipinski definition) is 2. The largest absolute Gasteiger partial charge is 0.480 e. The van der Waals surface area contributed by atoms with Crippen molar-refractivity contribution < 1.29 is 9.90 Å². The molecule has 16 heavy (non-hydrogen) atoms. The predicted octanol–water partition coefficient (Wildman–Crippen LogP) is 2.11. The van der Waals surface area contributed by atoms with Crippen LogP contribution in [0.4, 0.5) is 0 Å². The van der Waals surface area contributed by atoms with Gasteiger partial charge in [-0.3, -0.25) is 4.79 Å². The molecule has 0 fully saturated rings. The van der Waals surface area contributed by atoms with Gasteiger partial charge in [0, 0.05) is 5.75 Å². The molecule has 0 radical (unpaired) electrons. The average Bonchev–Trinajstić information content (AvgIpc) is 2.29. The van der Waals surface area contributed by atoms with Crippen molar-refractivity contribution >= 4 is 17.7 Å². The molecule has 1 aromatic rings. The molecule has 88 valence electrons. The maximum absolute atomic E-state index is 10.5. The first-order valence-corrected chi connectivity index (χ1v) is 6.45. The van der Waals surface area contributed by atoms with Crippen LogP contribution in [0.1, 0.15) is 18.4 Å². The van der Waals surface area contributed by atoms with Gasteiger partial charge < -0.3 is 10.8 Å². The van der Waals surface area contributed by atoms with Gasteiger partial charge in [0.15, 0.2) is 0 Å². The van der Waals surface area contributed by atoms with Crippen LogP contribution in [-0.4, -0.2) is 22.9 Å². The van der Waals surface area contributed by atoms with Crippen LogP contribution in [0, 0.1) is 0 Å². The molecule has 0 saturated carbocycles. The maximum Gasteiger partial charge on any atom is 0.320 e.